The van der Waals surface area contributed by atoms with Gasteiger partial charge in [0.05, 0.1) is 5.52 Å². The number of H-pyrrole nitrogens is 1. The van der Waals surface area contributed by atoms with Crippen molar-refractivity contribution in [1.29, 1.82) is 0 Å². The normalized spacial score (nSPS) is 12.4. The Kier molecular flexibility index (Phi) is 5.44. The van der Waals surface area contributed by atoms with Gasteiger partial charge in [-0.3, -0.25) is 4.79 Å². The third-order valence-electron chi connectivity index (χ3n) is 3.77. The lowest BCUT2D eigenvalue weighted by Crippen LogP contribution is -2.34. The van der Waals surface area contributed by atoms with Gasteiger partial charge >= 0.3 is 0 Å². The molecule has 22 heavy (non-hydrogen) atoms. The van der Waals surface area contributed by atoms with E-state index in [1.165, 1.54) is 5.56 Å². The third-order valence-corrected chi connectivity index (χ3v) is 3.77. The smallest absolute Gasteiger partial charge is 0.260 e. The zero-order chi connectivity index (χ0) is 16.1. The molecule has 0 bridgehead atoms. The second kappa shape index (κ2) is 7.31. The first kappa shape index (κ1) is 16.4. The first-order valence-electron chi connectivity index (χ1n) is 7.81. The van der Waals surface area contributed by atoms with E-state index < -0.39 is 0 Å². The summed E-state index contributed by atoms with van der Waals surface area (Å²) in [6.45, 7) is 7.37. The quantitative estimate of drug-likeness (QED) is 0.824. The predicted octanol–water partition coefficient (Wildman–Crippen LogP) is 2.30. The maximum Gasteiger partial charge on any atom is 0.260 e. The van der Waals surface area contributed by atoms with Gasteiger partial charge in [0.15, 0.2) is 6.61 Å². The molecule has 1 aromatic carbocycles. The molecular weight excluding hydrogens is 280 g/mol. The molecule has 0 unspecified atom stereocenters. The lowest BCUT2D eigenvalue weighted by atomic mass is 10.1. The fraction of sp³-hybridized carbons (Fsp3) is 0.471. The van der Waals surface area contributed by atoms with Crippen molar-refractivity contribution in [1.82, 2.24) is 9.88 Å². The number of fused-ring (bicyclic) bond motifs is 1. The molecule has 0 saturated heterocycles. The van der Waals surface area contributed by atoms with Crippen LogP contribution in [0.2, 0.25) is 0 Å². The number of carbonyl (C=O) groups is 1. The summed E-state index contributed by atoms with van der Waals surface area (Å²) in [7, 11) is 0. The maximum atomic E-state index is 12.0. The number of amides is 1. The number of para-hydroxylation sites is 1. The summed E-state index contributed by atoms with van der Waals surface area (Å²) in [4.78, 5) is 17.0. The van der Waals surface area contributed by atoms with Gasteiger partial charge in [-0.2, -0.15) is 0 Å². The van der Waals surface area contributed by atoms with Crippen LogP contribution in [0.25, 0.3) is 10.9 Å². The Morgan fingerprint density at radius 2 is 2.14 bits per heavy atom. The summed E-state index contributed by atoms with van der Waals surface area (Å²) in [6.07, 6.45) is 2.77. The van der Waals surface area contributed by atoms with E-state index in [1.807, 2.05) is 45.2 Å². The van der Waals surface area contributed by atoms with Crippen molar-refractivity contribution in [2.45, 2.75) is 33.2 Å². The highest BCUT2D eigenvalue weighted by atomic mass is 16.7. The van der Waals surface area contributed by atoms with Gasteiger partial charge in [-0.15, -0.1) is 0 Å². The number of aromatic amines is 1. The van der Waals surface area contributed by atoms with Crippen LogP contribution in [0.3, 0.4) is 0 Å². The lowest BCUT2D eigenvalue weighted by molar-refractivity contribution is -0.132. The number of rotatable bonds is 7. The number of ether oxygens (including phenoxy) is 1. The molecule has 2 rings (SSSR count). The highest BCUT2D eigenvalue weighted by molar-refractivity contribution is 5.88. The zero-order valence-electron chi connectivity index (χ0n) is 13.6. The van der Waals surface area contributed by atoms with Crippen LogP contribution in [0.4, 0.5) is 0 Å². The van der Waals surface area contributed by atoms with Gasteiger partial charge < -0.3 is 20.4 Å². The number of carbonyl (C=O) groups excluding carboxylic acids is 1. The highest BCUT2D eigenvalue weighted by Gasteiger charge is 2.13. The Balaban J connectivity index is 2.15. The van der Waals surface area contributed by atoms with E-state index in [0.717, 1.165) is 17.3 Å². The molecule has 0 aliphatic rings. The van der Waals surface area contributed by atoms with Gasteiger partial charge in [-0.1, -0.05) is 12.1 Å². The van der Waals surface area contributed by atoms with Crippen LogP contribution in [0.5, 0.6) is 5.75 Å². The number of nitrogens with one attached hydrogen (secondary N) is 1. The number of nitrogens with zero attached hydrogens (tertiary/aromatic N) is 1. The minimum Gasteiger partial charge on any atom is -0.482 e. The van der Waals surface area contributed by atoms with Gasteiger partial charge in [0, 0.05) is 30.7 Å². The molecule has 2 aromatic rings. The zero-order valence-corrected chi connectivity index (χ0v) is 13.6. The number of nitrogens with two attached hydrogens (primary N) is 1. The summed E-state index contributed by atoms with van der Waals surface area (Å²) in [5.41, 5.74) is 7.97. The van der Waals surface area contributed by atoms with Crippen LogP contribution >= 0.6 is 0 Å². The minimum atomic E-state index is 0.00404. The van der Waals surface area contributed by atoms with Crippen molar-refractivity contribution in [2.24, 2.45) is 5.73 Å². The monoisotopic (exact) mass is 305 g/mol. The summed E-state index contributed by atoms with van der Waals surface area (Å²) >= 11 is 0. The van der Waals surface area contributed by atoms with E-state index in [9.17, 15) is 4.79 Å². The second-order valence-electron chi connectivity index (χ2n) is 5.53. The van der Waals surface area contributed by atoms with Crippen LogP contribution in [0.1, 0.15) is 26.3 Å². The molecule has 0 aliphatic heterocycles. The van der Waals surface area contributed by atoms with Gasteiger partial charge in [-0.25, -0.2) is 0 Å². The van der Waals surface area contributed by atoms with E-state index >= 15 is 0 Å². The van der Waals surface area contributed by atoms with Crippen LogP contribution in [0.15, 0.2) is 24.4 Å². The molecular formula is C17H25N3O2. The molecule has 5 heteroatoms. The van der Waals surface area contributed by atoms with Crippen LogP contribution < -0.4 is 10.5 Å². The number of hydrogen-bond acceptors (Lipinski definition) is 3. The third kappa shape index (κ3) is 3.60. The first-order chi connectivity index (χ1) is 10.6. The van der Waals surface area contributed by atoms with E-state index in [2.05, 4.69) is 4.98 Å². The first-order valence-corrected chi connectivity index (χ1v) is 7.81. The summed E-state index contributed by atoms with van der Waals surface area (Å²) in [5.74, 6) is 0.707. The molecule has 0 fully saturated rings. The van der Waals surface area contributed by atoms with Crippen molar-refractivity contribution in [2.75, 3.05) is 19.7 Å². The van der Waals surface area contributed by atoms with E-state index in [0.29, 0.717) is 18.8 Å². The topological polar surface area (TPSA) is 71.3 Å². The maximum absolute atomic E-state index is 12.0. The van der Waals surface area contributed by atoms with Gasteiger partial charge in [0.25, 0.3) is 5.91 Å². The van der Waals surface area contributed by atoms with Crippen LogP contribution in [0, 0.1) is 0 Å². The van der Waals surface area contributed by atoms with E-state index in [1.54, 1.807) is 4.90 Å². The molecule has 120 valence electrons. The van der Waals surface area contributed by atoms with E-state index in [4.69, 9.17) is 10.5 Å². The fourth-order valence-corrected chi connectivity index (χ4v) is 2.63. The molecule has 0 saturated carbocycles. The summed E-state index contributed by atoms with van der Waals surface area (Å²) in [5, 5.41) is 1.10. The average molecular weight is 305 g/mol. The molecule has 1 atom stereocenters. The number of benzene rings is 1. The molecule has 1 aromatic heterocycles. The summed E-state index contributed by atoms with van der Waals surface area (Å²) < 4.78 is 5.73. The molecule has 0 radical (unpaired) electrons. The fourth-order valence-electron chi connectivity index (χ4n) is 2.63. The number of likely N-dealkylation sites (N-methyl/N-ethyl adjacent to an activating group) is 1. The van der Waals surface area contributed by atoms with Crippen LogP contribution in [-0.4, -0.2) is 41.5 Å². The Bertz CT molecular complexity index is 630. The number of aromatic nitrogens is 1. The minimum absolute atomic E-state index is 0.00404. The second-order valence-corrected chi connectivity index (χ2v) is 5.53. The van der Waals surface area contributed by atoms with Crippen LogP contribution in [-0.2, 0) is 11.2 Å². The molecule has 1 heterocycles. The van der Waals surface area contributed by atoms with Crippen molar-refractivity contribution in [3.8, 4) is 5.75 Å². The largest absolute Gasteiger partial charge is 0.482 e. The van der Waals surface area contributed by atoms with Crippen molar-refractivity contribution < 1.29 is 9.53 Å². The standard InChI is InChI=1S/C17H25N3O2/c1-4-20(5-2)16(21)11-22-15-8-6-7-14-13(9-12(3)18)10-19-17(14)15/h6-8,10,12,19H,4-5,9,11,18H2,1-3H3/t12-/m1/s1/i11+2. The molecule has 1 amide bonds. The number of hydrogen-bond donors (Lipinski definition) is 2. The molecule has 0 aliphatic carbocycles. The van der Waals surface area contributed by atoms with Crippen molar-refractivity contribution >= 4 is 16.8 Å². The predicted molar refractivity (Wildman–Crippen MR) is 89.1 cm³/mol. The van der Waals surface area contributed by atoms with Crippen molar-refractivity contribution in [3.63, 3.8) is 0 Å². The van der Waals surface area contributed by atoms with Gasteiger partial charge in [0.2, 0.25) is 0 Å². The Labute approximate surface area is 131 Å². The molecule has 0 spiro atoms. The Morgan fingerprint density at radius 3 is 2.77 bits per heavy atom. The Hall–Kier alpha value is -2.01. The highest BCUT2D eigenvalue weighted by Crippen LogP contribution is 2.27. The van der Waals surface area contributed by atoms with Gasteiger partial charge in [0.1, 0.15) is 5.75 Å². The molecule has 3 N–H and O–H groups in total. The molecule has 5 nitrogen and oxygen atoms in total. The average Bonchev–Trinajstić information content (AvgIpc) is 2.89. The lowest BCUT2D eigenvalue weighted by Gasteiger charge is -2.18. The SMILES string of the molecule is CCN(CC)C(=O)[14CH2]Oc1cccc2c(C[C@@H](C)N)c[nH]c12. The Morgan fingerprint density at radius 1 is 1.41 bits per heavy atom. The van der Waals surface area contributed by atoms with Crippen molar-refractivity contribution in [3.05, 3.63) is 30.0 Å². The van der Waals surface area contributed by atoms with Gasteiger partial charge in [-0.05, 0) is 38.8 Å². The summed E-state index contributed by atoms with van der Waals surface area (Å²) in [6, 6.07) is 5.97. The van der Waals surface area contributed by atoms with E-state index in [-0.39, 0.29) is 18.6 Å².